The number of hydrogen-bond donors (Lipinski definition) is 0. The molecule has 0 aliphatic rings. The lowest BCUT2D eigenvalue weighted by Gasteiger charge is -2.31. The first kappa shape index (κ1) is 35.4. The van der Waals surface area contributed by atoms with Crippen LogP contribution in [0.1, 0.15) is 21.1 Å². The summed E-state index contributed by atoms with van der Waals surface area (Å²) in [5.74, 6) is 1.50. The van der Waals surface area contributed by atoms with Gasteiger partial charge >= 0.3 is 17.6 Å². The molecule has 0 N–H and O–H groups in total. The summed E-state index contributed by atoms with van der Waals surface area (Å²) in [6, 6.07) is 16.3. The van der Waals surface area contributed by atoms with Crippen molar-refractivity contribution in [1.29, 1.82) is 0 Å². The Balaban J connectivity index is 1.32. The fraction of sp³-hybridized carbons (Fsp3) is 0.417. The minimum absolute atomic E-state index is 0.0789. The number of aromatic nitrogens is 2. The van der Waals surface area contributed by atoms with Gasteiger partial charge in [0, 0.05) is 54.2 Å². The molecule has 2 unspecified atom stereocenters. The van der Waals surface area contributed by atoms with Crippen LogP contribution in [-0.2, 0) is 26.6 Å². The van der Waals surface area contributed by atoms with E-state index in [-0.39, 0.29) is 11.1 Å². The number of rotatable bonds is 19. The van der Waals surface area contributed by atoms with Crippen molar-refractivity contribution in [2.75, 3.05) is 54.2 Å². The summed E-state index contributed by atoms with van der Waals surface area (Å²) in [6.07, 6.45) is 0. The van der Waals surface area contributed by atoms with Crippen molar-refractivity contribution in [1.82, 2.24) is 9.97 Å². The first-order chi connectivity index (χ1) is 20.5. The molecule has 2 aromatic carbocycles. The first-order valence-corrected chi connectivity index (χ1v) is 25.5. The summed E-state index contributed by atoms with van der Waals surface area (Å²) in [4.78, 5) is 9.80. The number of nitrogens with zero attached hydrogens (tertiary/aromatic N) is 2. The van der Waals surface area contributed by atoms with E-state index in [9.17, 15) is 0 Å². The van der Waals surface area contributed by atoms with Crippen LogP contribution < -0.4 is 0 Å². The molecule has 0 amide bonds. The Kier molecular flexibility index (Phi) is 14.7. The van der Waals surface area contributed by atoms with Crippen LogP contribution in [0.2, 0.25) is 0 Å². The summed E-state index contributed by atoms with van der Waals surface area (Å²) in [7, 11) is 14.4. The number of thiazole rings is 2. The molecule has 2 atom stereocenters. The molecular weight excluding hydrogens is 725 g/mol. The molecule has 2 heterocycles. The second kappa shape index (κ2) is 17.4. The minimum Gasteiger partial charge on any atom is -0.376 e. The molecule has 0 aliphatic carbocycles. The van der Waals surface area contributed by atoms with E-state index < -0.39 is 17.6 Å². The SMILES string of the molecule is CO[Si](OC)(OC)C(CSSSSSSCC(c1nc2ccccc2s1)[Si](OC)(OC)OC)c1nc2ccccc2s1. The van der Waals surface area contributed by atoms with Gasteiger partial charge in [0.25, 0.3) is 0 Å². The minimum atomic E-state index is -2.97. The average Bonchev–Trinajstić information content (AvgIpc) is 3.66. The zero-order valence-electron chi connectivity index (χ0n) is 23.8. The second-order valence-electron chi connectivity index (χ2n) is 8.42. The van der Waals surface area contributed by atoms with Crippen molar-refractivity contribution >= 4 is 122 Å². The normalized spacial score (nSPS) is 14.1. The number of fused-ring (bicyclic) bond motifs is 2. The third kappa shape index (κ3) is 8.26. The zero-order valence-corrected chi connectivity index (χ0v) is 32.3. The van der Waals surface area contributed by atoms with Gasteiger partial charge in [-0.05, 0) is 63.6 Å². The molecule has 0 saturated heterocycles. The molecule has 18 heteroatoms. The Morgan fingerprint density at radius 3 is 1.26 bits per heavy atom. The van der Waals surface area contributed by atoms with Gasteiger partial charge in [-0.2, -0.15) is 0 Å². The van der Waals surface area contributed by atoms with Crippen LogP contribution >= 0.6 is 83.6 Å². The molecule has 8 nitrogen and oxygen atoms in total. The van der Waals surface area contributed by atoms with E-state index in [4.69, 9.17) is 36.5 Å². The molecule has 0 spiro atoms. The smallest absolute Gasteiger partial charge is 0.376 e. The van der Waals surface area contributed by atoms with Crippen molar-refractivity contribution in [3.8, 4) is 0 Å². The molecule has 4 rings (SSSR count). The Morgan fingerprint density at radius 1 is 0.571 bits per heavy atom. The maximum atomic E-state index is 5.88. The topological polar surface area (TPSA) is 81.2 Å². The van der Waals surface area contributed by atoms with E-state index in [1.807, 2.05) is 36.4 Å². The van der Waals surface area contributed by atoms with Crippen LogP contribution in [0, 0.1) is 0 Å². The quantitative estimate of drug-likeness (QED) is 0.0521. The van der Waals surface area contributed by atoms with Gasteiger partial charge in [0.05, 0.1) is 31.5 Å². The van der Waals surface area contributed by atoms with Crippen LogP contribution in [0.5, 0.6) is 0 Å². The molecule has 0 bridgehead atoms. The lowest BCUT2D eigenvalue weighted by molar-refractivity contribution is 0.114. The van der Waals surface area contributed by atoms with Crippen LogP contribution in [-0.4, -0.2) is 81.7 Å². The monoisotopic (exact) mass is 756 g/mol. The van der Waals surface area contributed by atoms with Crippen LogP contribution in [0.15, 0.2) is 48.5 Å². The van der Waals surface area contributed by atoms with Crippen molar-refractivity contribution in [2.24, 2.45) is 0 Å². The first-order valence-electron chi connectivity index (χ1n) is 12.4. The van der Waals surface area contributed by atoms with Gasteiger partial charge in [-0.25, -0.2) is 9.97 Å². The van der Waals surface area contributed by atoms with Gasteiger partial charge in [-0.1, -0.05) is 45.9 Å². The van der Waals surface area contributed by atoms with Crippen LogP contribution in [0.3, 0.4) is 0 Å². The van der Waals surface area contributed by atoms with Crippen molar-refractivity contribution in [3.05, 3.63) is 58.5 Å². The Hall–Kier alpha value is 0.514. The highest BCUT2D eigenvalue weighted by atomic mass is 33.9. The number of benzene rings is 2. The van der Waals surface area contributed by atoms with Gasteiger partial charge < -0.3 is 26.6 Å². The van der Waals surface area contributed by atoms with Crippen LogP contribution in [0.25, 0.3) is 20.4 Å². The number of hydrogen-bond acceptors (Lipinski definition) is 16. The standard InChI is InChI=1S/C24H32N2O6S8Si2/c1-27-41(28-2,29-3)21(23-25-17-11-7-9-13-19(17)35-23)15-33-37-39-40-38-34-16-22(42(30-4,31-5)32-6)24-26-18-12-8-10-14-20(18)36-24/h7-14,21-22H,15-16H2,1-6H3. The van der Waals surface area contributed by atoms with Gasteiger partial charge in [-0.3, -0.25) is 0 Å². The van der Waals surface area contributed by atoms with Crippen molar-refractivity contribution in [3.63, 3.8) is 0 Å². The highest BCUT2D eigenvalue weighted by Crippen LogP contribution is 2.54. The van der Waals surface area contributed by atoms with Gasteiger partial charge in [0.2, 0.25) is 0 Å². The molecule has 2 aromatic heterocycles. The lowest BCUT2D eigenvalue weighted by Crippen LogP contribution is -2.50. The molecule has 230 valence electrons. The fourth-order valence-electron chi connectivity index (χ4n) is 4.33. The van der Waals surface area contributed by atoms with Gasteiger partial charge in [0.15, 0.2) is 0 Å². The largest absolute Gasteiger partial charge is 0.511 e. The van der Waals surface area contributed by atoms with E-state index in [1.165, 1.54) is 0 Å². The van der Waals surface area contributed by atoms with Gasteiger partial charge in [0.1, 0.15) is 10.0 Å². The third-order valence-corrected chi connectivity index (χ3v) is 26.7. The number of para-hydroxylation sites is 2. The molecule has 4 aromatic rings. The van der Waals surface area contributed by atoms with Gasteiger partial charge in [-0.15, -0.1) is 22.7 Å². The summed E-state index contributed by atoms with van der Waals surface area (Å²) < 4.78 is 37.6. The Morgan fingerprint density at radius 2 is 0.929 bits per heavy atom. The van der Waals surface area contributed by atoms with Crippen molar-refractivity contribution < 1.29 is 26.6 Å². The molecule has 0 aliphatic heterocycles. The highest BCUT2D eigenvalue weighted by molar-refractivity contribution is 9.41. The summed E-state index contributed by atoms with van der Waals surface area (Å²) in [6.45, 7) is 0. The molecule has 0 fully saturated rings. The second-order valence-corrected chi connectivity index (χ2v) is 26.4. The van der Waals surface area contributed by atoms with Crippen molar-refractivity contribution in [2.45, 2.75) is 11.1 Å². The molecular formula is C24H32N2O6S8Si2. The summed E-state index contributed by atoms with van der Waals surface area (Å²) in [5.41, 5.74) is 1.81. The van der Waals surface area contributed by atoms with E-state index in [0.717, 1.165) is 42.0 Å². The van der Waals surface area contributed by atoms with Crippen LogP contribution in [0.4, 0.5) is 0 Å². The fourth-order valence-corrected chi connectivity index (χ4v) is 25.5. The predicted octanol–water partition coefficient (Wildman–Crippen LogP) is 8.58. The molecule has 0 radical (unpaired) electrons. The van der Waals surface area contributed by atoms with E-state index in [2.05, 4.69) is 12.1 Å². The summed E-state index contributed by atoms with van der Waals surface area (Å²) in [5, 5.41) is 1.96. The molecule has 42 heavy (non-hydrogen) atoms. The van der Waals surface area contributed by atoms with E-state index >= 15 is 0 Å². The lowest BCUT2D eigenvalue weighted by atomic mass is 10.3. The average molecular weight is 757 g/mol. The summed E-state index contributed by atoms with van der Waals surface area (Å²) >= 11 is 3.35. The maximum absolute atomic E-state index is 5.88. The van der Waals surface area contributed by atoms with E-state index in [0.29, 0.717) is 0 Å². The highest BCUT2D eigenvalue weighted by Gasteiger charge is 2.51. The maximum Gasteiger partial charge on any atom is 0.511 e. The molecule has 0 saturated carbocycles. The Labute approximate surface area is 279 Å². The van der Waals surface area contributed by atoms with E-state index in [1.54, 1.807) is 126 Å². The predicted molar refractivity (Wildman–Crippen MR) is 194 cm³/mol. The zero-order chi connectivity index (χ0) is 30.0. The third-order valence-electron chi connectivity index (χ3n) is 6.43. The Bertz CT molecular complexity index is 1210.